The molecular weight excluding hydrogens is 236 g/mol. The largest absolute Gasteiger partial charge is 0.385 e. The average Bonchev–Trinajstić information content (AvgIpc) is 2.39. The van der Waals surface area contributed by atoms with Crippen molar-refractivity contribution in [1.82, 2.24) is 10.2 Å². The van der Waals surface area contributed by atoms with Gasteiger partial charge in [0.2, 0.25) is 0 Å². The van der Waals surface area contributed by atoms with E-state index < -0.39 is 0 Å². The molecule has 1 aliphatic rings. The van der Waals surface area contributed by atoms with Gasteiger partial charge in [-0.2, -0.15) is 0 Å². The lowest BCUT2D eigenvalue weighted by Crippen LogP contribution is -2.58. The van der Waals surface area contributed by atoms with Crippen LogP contribution in [0.4, 0.5) is 0 Å². The molecule has 3 heteroatoms. The van der Waals surface area contributed by atoms with Gasteiger partial charge in [0.05, 0.1) is 0 Å². The van der Waals surface area contributed by atoms with E-state index in [0.29, 0.717) is 12.1 Å². The first-order valence-corrected chi connectivity index (χ1v) is 8.04. The highest BCUT2D eigenvalue weighted by Gasteiger charge is 2.29. The lowest BCUT2D eigenvalue weighted by molar-refractivity contribution is 0.0836. The third-order valence-corrected chi connectivity index (χ3v) is 4.43. The lowest BCUT2D eigenvalue weighted by atomic mass is 9.92. The van der Waals surface area contributed by atoms with Gasteiger partial charge in [-0.15, -0.1) is 0 Å². The van der Waals surface area contributed by atoms with Gasteiger partial charge in [0.15, 0.2) is 0 Å². The summed E-state index contributed by atoms with van der Waals surface area (Å²) >= 11 is 0. The van der Waals surface area contributed by atoms with E-state index in [1.165, 1.54) is 25.9 Å². The van der Waals surface area contributed by atoms with Crippen LogP contribution in [0.2, 0.25) is 0 Å². The molecule has 1 N–H and O–H groups in total. The van der Waals surface area contributed by atoms with Gasteiger partial charge in [0.1, 0.15) is 0 Å². The number of methoxy groups -OCH3 is 1. The number of nitrogens with zero attached hydrogens (tertiary/aromatic N) is 1. The highest BCUT2D eigenvalue weighted by atomic mass is 16.5. The molecule has 1 saturated heterocycles. The van der Waals surface area contributed by atoms with Crippen LogP contribution < -0.4 is 5.32 Å². The quantitative estimate of drug-likeness (QED) is 0.686. The molecule has 3 nitrogen and oxygen atoms in total. The van der Waals surface area contributed by atoms with Crippen molar-refractivity contribution in [3.63, 3.8) is 0 Å². The normalized spacial score (nSPS) is 26.8. The standard InChI is InChI=1S/C16H34N2O/c1-6-14(4)16-12-18(8-7-9-19-5)15(11-17-16)10-13(2)3/h13-17H,6-12H2,1-5H3. The molecule has 0 saturated carbocycles. The highest BCUT2D eigenvalue weighted by molar-refractivity contribution is 4.88. The lowest BCUT2D eigenvalue weighted by Gasteiger charge is -2.43. The Hall–Kier alpha value is -0.120. The second-order valence-corrected chi connectivity index (χ2v) is 6.52. The summed E-state index contributed by atoms with van der Waals surface area (Å²) in [6, 6.07) is 1.37. The molecule has 0 radical (unpaired) electrons. The Labute approximate surface area is 120 Å². The van der Waals surface area contributed by atoms with Gasteiger partial charge >= 0.3 is 0 Å². The van der Waals surface area contributed by atoms with E-state index in [2.05, 4.69) is 37.9 Å². The Kier molecular flexibility index (Phi) is 7.96. The van der Waals surface area contributed by atoms with Gasteiger partial charge in [0.25, 0.3) is 0 Å². The molecule has 0 amide bonds. The van der Waals surface area contributed by atoms with Gasteiger partial charge in [-0.1, -0.05) is 34.1 Å². The minimum absolute atomic E-state index is 0.663. The van der Waals surface area contributed by atoms with E-state index in [-0.39, 0.29) is 0 Å². The maximum Gasteiger partial charge on any atom is 0.0474 e. The van der Waals surface area contributed by atoms with Crippen LogP contribution in [0.25, 0.3) is 0 Å². The number of piperazine rings is 1. The molecule has 0 aromatic rings. The first kappa shape index (κ1) is 16.9. The monoisotopic (exact) mass is 270 g/mol. The third-order valence-electron chi connectivity index (χ3n) is 4.43. The van der Waals surface area contributed by atoms with Crippen LogP contribution in [0, 0.1) is 11.8 Å². The van der Waals surface area contributed by atoms with Crippen molar-refractivity contribution in [2.45, 2.75) is 59.0 Å². The minimum atomic E-state index is 0.663. The molecule has 3 atom stereocenters. The molecule has 0 spiro atoms. The fourth-order valence-corrected chi connectivity index (χ4v) is 3.01. The summed E-state index contributed by atoms with van der Waals surface area (Å²) in [6.45, 7) is 13.7. The second-order valence-electron chi connectivity index (χ2n) is 6.52. The Morgan fingerprint density at radius 1 is 1.32 bits per heavy atom. The first-order valence-electron chi connectivity index (χ1n) is 8.04. The van der Waals surface area contributed by atoms with Crippen molar-refractivity contribution < 1.29 is 4.74 Å². The minimum Gasteiger partial charge on any atom is -0.385 e. The predicted octanol–water partition coefficient (Wildman–Crippen LogP) is 2.76. The molecule has 1 heterocycles. The Balaban J connectivity index is 2.52. The van der Waals surface area contributed by atoms with Gasteiger partial charge in [-0.05, 0) is 24.7 Å². The van der Waals surface area contributed by atoms with Crippen LogP contribution in [0.15, 0.2) is 0 Å². The Morgan fingerprint density at radius 2 is 2.05 bits per heavy atom. The summed E-state index contributed by atoms with van der Waals surface area (Å²) in [5.74, 6) is 1.54. The first-order chi connectivity index (χ1) is 9.08. The number of hydrogen-bond donors (Lipinski definition) is 1. The van der Waals surface area contributed by atoms with Crippen molar-refractivity contribution in [2.24, 2.45) is 11.8 Å². The maximum absolute atomic E-state index is 5.20. The van der Waals surface area contributed by atoms with Gasteiger partial charge in [0, 0.05) is 45.4 Å². The van der Waals surface area contributed by atoms with Crippen LogP contribution in [0.3, 0.4) is 0 Å². The molecule has 0 aromatic heterocycles. The molecule has 0 bridgehead atoms. The van der Waals surface area contributed by atoms with Crippen molar-refractivity contribution >= 4 is 0 Å². The van der Waals surface area contributed by atoms with Gasteiger partial charge < -0.3 is 10.1 Å². The molecule has 0 aliphatic carbocycles. The van der Waals surface area contributed by atoms with E-state index in [0.717, 1.165) is 31.4 Å². The number of nitrogens with one attached hydrogen (secondary N) is 1. The maximum atomic E-state index is 5.20. The van der Waals surface area contributed by atoms with Crippen molar-refractivity contribution in [3.05, 3.63) is 0 Å². The third kappa shape index (κ3) is 5.80. The molecule has 1 rings (SSSR count). The van der Waals surface area contributed by atoms with Crippen LogP contribution in [0.1, 0.15) is 47.0 Å². The predicted molar refractivity (Wildman–Crippen MR) is 82.6 cm³/mol. The molecule has 1 fully saturated rings. The molecule has 114 valence electrons. The fraction of sp³-hybridized carbons (Fsp3) is 1.00. The second kappa shape index (κ2) is 8.93. The number of hydrogen-bond acceptors (Lipinski definition) is 3. The Morgan fingerprint density at radius 3 is 2.63 bits per heavy atom. The highest BCUT2D eigenvalue weighted by Crippen LogP contribution is 2.20. The molecule has 19 heavy (non-hydrogen) atoms. The van der Waals surface area contributed by atoms with Gasteiger partial charge in [-0.3, -0.25) is 4.90 Å². The average molecular weight is 270 g/mol. The van der Waals surface area contributed by atoms with E-state index >= 15 is 0 Å². The van der Waals surface area contributed by atoms with E-state index in [9.17, 15) is 0 Å². The topological polar surface area (TPSA) is 24.5 Å². The summed E-state index contributed by atoms with van der Waals surface area (Å²) < 4.78 is 5.20. The SMILES string of the molecule is CCC(C)C1CN(CCCOC)C(CC(C)C)CN1. The van der Waals surface area contributed by atoms with Crippen LogP contribution in [-0.2, 0) is 4.74 Å². The van der Waals surface area contributed by atoms with E-state index in [4.69, 9.17) is 4.74 Å². The van der Waals surface area contributed by atoms with Crippen molar-refractivity contribution in [3.8, 4) is 0 Å². The van der Waals surface area contributed by atoms with Crippen molar-refractivity contribution in [2.75, 3.05) is 33.4 Å². The fourth-order valence-electron chi connectivity index (χ4n) is 3.01. The smallest absolute Gasteiger partial charge is 0.0474 e. The summed E-state index contributed by atoms with van der Waals surface area (Å²) in [7, 11) is 1.80. The summed E-state index contributed by atoms with van der Waals surface area (Å²) in [5, 5.41) is 3.77. The summed E-state index contributed by atoms with van der Waals surface area (Å²) in [4.78, 5) is 2.70. The zero-order chi connectivity index (χ0) is 14.3. The van der Waals surface area contributed by atoms with Crippen LogP contribution >= 0.6 is 0 Å². The van der Waals surface area contributed by atoms with Crippen molar-refractivity contribution in [1.29, 1.82) is 0 Å². The van der Waals surface area contributed by atoms with Gasteiger partial charge in [-0.25, -0.2) is 0 Å². The zero-order valence-corrected chi connectivity index (χ0v) is 13.6. The molecule has 0 aromatic carbocycles. The molecular formula is C16H34N2O. The van der Waals surface area contributed by atoms with Crippen LogP contribution in [-0.4, -0.2) is 50.3 Å². The Bertz CT molecular complexity index is 233. The van der Waals surface area contributed by atoms with Crippen LogP contribution in [0.5, 0.6) is 0 Å². The molecule has 1 aliphatic heterocycles. The van der Waals surface area contributed by atoms with E-state index in [1.54, 1.807) is 7.11 Å². The number of ether oxygens (including phenoxy) is 1. The summed E-state index contributed by atoms with van der Waals surface area (Å²) in [5.41, 5.74) is 0. The summed E-state index contributed by atoms with van der Waals surface area (Å²) in [6.07, 6.45) is 3.71. The molecule has 3 unspecified atom stereocenters. The van der Waals surface area contributed by atoms with E-state index in [1.807, 2.05) is 0 Å². The number of rotatable bonds is 8. The zero-order valence-electron chi connectivity index (χ0n) is 13.6.